The largest absolute Gasteiger partial charge is 0.465 e. The quantitative estimate of drug-likeness (QED) is 0.436. The summed E-state index contributed by atoms with van der Waals surface area (Å²) in [5.74, 6) is 4.35. The number of carbonyl (C=O) groups excluding carboxylic acids is 1. The molecular weight excluding hydrogens is 236 g/mol. The van der Waals surface area contributed by atoms with E-state index in [0.29, 0.717) is 0 Å². The molecular formula is C8H12N2O5S. The van der Waals surface area contributed by atoms with Gasteiger partial charge in [-0.3, -0.25) is 5.84 Å². The maximum atomic E-state index is 11.6. The second-order valence-electron chi connectivity index (χ2n) is 3.03. The number of carbonyl (C=O) groups is 1. The lowest BCUT2D eigenvalue weighted by Gasteiger charge is -2.03. The second kappa shape index (κ2) is 4.24. The molecule has 0 aliphatic heterocycles. The molecule has 1 aromatic heterocycles. The number of sulfonamides is 1. The van der Waals surface area contributed by atoms with Crippen LogP contribution >= 0.6 is 0 Å². The number of aryl methyl sites for hydroxylation is 2. The van der Waals surface area contributed by atoms with Crippen LogP contribution in [-0.4, -0.2) is 21.5 Å². The Balaban J connectivity index is 3.56. The lowest BCUT2D eigenvalue weighted by molar-refractivity contribution is 0.0595. The zero-order chi connectivity index (χ0) is 12.5. The zero-order valence-corrected chi connectivity index (χ0v) is 9.84. The Morgan fingerprint density at radius 3 is 2.38 bits per heavy atom. The Hall–Kier alpha value is -1.38. The Morgan fingerprint density at radius 2 is 1.94 bits per heavy atom. The van der Waals surface area contributed by atoms with Gasteiger partial charge in [0.05, 0.1) is 7.11 Å². The van der Waals surface area contributed by atoms with Gasteiger partial charge in [-0.25, -0.2) is 13.2 Å². The standard InChI is InChI=1S/C8H12N2O5S/c1-4-6(8(11)14-3)7(5(2)15-4)16(12,13)10-9/h10H,9H2,1-3H3. The van der Waals surface area contributed by atoms with Gasteiger partial charge in [0.2, 0.25) is 0 Å². The molecule has 90 valence electrons. The van der Waals surface area contributed by atoms with Gasteiger partial charge >= 0.3 is 5.97 Å². The first kappa shape index (κ1) is 12.7. The summed E-state index contributed by atoms with van der Waals surface area (Å²) < 4.78 is 32.7. The maximum Gasteiger partial charge on any atom is 0.342 e. The predicted octanol–water partition coefficient (Wildman–Crippen LogP) is -0.165. The highest BCUT2D eigenvalue weighted by Gasteiger charge is 2.30. The van der Waals surface area contributed by atoms with Crippen molar-refractivity contribution in [3.05, 3.63) is 17.1 Å². The highest BCUT2D eigenvalue weighted by molar-refractivity contribution is 7.89. The summed E-state index contributed by atoms with van der Waals surface area (Å²) >= 11 is 0. The lowest BCUT2D eigenvalue weighted by Crippen LogP contribution is -2.31. The van der Waals surface area contributed by atoms with Gasteiger partial charge in [-0.1, -0.05) is 0 Å². The molecule has 7 nitrogen and oxygen atoms in total. The summed E-state index contributed by atoms with van der Waals surface area (Å²) in [6, 6.07) is 0. The number of hydrogen-bond donors (Lipinski definition) is 2. The van der Waals surface area contributed by atoms with Gasteiger partial charge in [-0.2, -0.15) is 0 Å². The molecule has 16 heavy (non-hydrogen) atoms. The number of esters is 1. The van der Waals surface area contributed by atoms with Crippen molar-refractivity contribution in [2.24, 2.45) is 5.84 Å². The lowest BCUT2D eigenvalue weighted by atomic mass is 10.2. The molecule has 0 aliphatic rings. The van der Waals surface area contributed by atoms with E-state index < -0.39 is 16.0 Å². The number of hydrogen-bond acceptors (Lipinski definition) is 6. The van der Waals surface area contributed by atoms with Gasteiger partial charge in [0, 0.05) is 0 Å². The molecule has 0 aromatic carbocycles. The van der Waals surface area contributed by atoms with Gasteiger partial charge in [-0.05, 0) is 13.8 Å². The highest BCUT2D eigenvalue weighted by Crippen LogP contribution is 2.26. The maximum absolute atomic E-state index is 11.6. The van der Waals surface area contributed by atoms with Crippen LogP contribution in [0.15, 0.2) is 9.31 Å². The van der Waals surface area contributed by atoms with E-state index in [9.17, 15) is 13.2 Å². The molecule has 0 saturated carbocycles. The molecule has 3 N–H and O–H groups in total. The highest BCUT2D eigenvalue weighted by atomic mass is 32.2. The molecule has 0 saturated heterocycles. The number of furan rings is 1. The molecule has 0 unspecified atom stereocenters. The van der Waals surface area contributed by atoms with Gasteiger partial charge < -0.3 is 9.15 Å². The van der Waals surface area contributed by atoms with E-state index in [2.05, 4.69) is 4.74 Å². The number of hydrazine groups is 1. The average Bonchev–Trinajstić information content (AvgIpc) is 2.53. The van der Waals surface area contributed by atoms with E-state index in [4.69, 9.17) is 10.3 Å². The minimum atomic E-state index is -3.96. The average molecular weight is 248 g/mol. The van der Waals surface area contributed by atoms with Crippen molar-refractivity contribution in [1.29, 1.82) is 0 Å². The topological polar surface area (TPSA) is 112 Å². The number of methoxy groups -OCH3 is 1. The molecule has 1 heterocycles. The van der Waals surface area contributed by atoms with E-state index >= 15 is 0 Å². The van der Waals surface area contributed by atoms with Crippen LogP contribution in [0.5, 0.6) is 0 Å². The fourth-order valence-electron chi connectivity index (χ4n) is 1.38. The first-order chi connectivity index (χ1) is 7.35. The van der Waals surface area contributed by atoms with Crippen molar-refractivity contribution in [2.75, 3.05) is 7.11 Å². The van der Waals surface area contributed by atoms with Crippen molar-refractivity contribution in [1.82, 2.24) is 4.83 Å². The Kier molecular flexibility index (Phi) is 3.36. The summed E-state index contributed by atoms with van der Waals surface area (Å²) in [6.07, 6.45) is 0. The molecule has 1 aromatic rings. The van der Waals surface area contributed by atoms with Crippen molar-refractivity contribution in [3.8, 4) is 0 Å². The summed E-state index contributed by atoms with van der Waals surface area (Å²) in [6.45, 7) is 2.89. The first-order valence-electron chi connectivity index (χ1n) is 4.26. The van der Waals surface area contributed by atoms with Crippen LogP contribution in [0.3, 0.4) is 0 Å². The smallest absolute Gasteiger partial charge is 0.342 e. The van der Waals surface area contributed by atoms with E-state index in [1.807, 2.05) is 0 Å². The summed E-state index contributed by atoms with van der Waals surface area (Å²) in [4.78, 5) is 12.8. The third-order valence-electron chi connectivity index (χ3n) is 2.02. The molecule has 0 aliphatic carbocycles. The third-order valence-corrected chi connectivity index (χ3v) is 3.36. The van der Waals surface area contributed by atoms with E-state index in [-0.39, 0.29) is 22.0 Å². The first-order valence-corrected chi connectivity index (χ1v) is 5.74. The van der Waals surface area contributed by atoms with Gasteiger partial charge in [-0.15, -0.1) is 4.83 Å². The third kappa shape index (κ3) is 1.94. The van der Waals surface area contributed by atoms with Crippen LogP contribution < -0.4 is 10.7 Å². The zero-order valence-electron chi connectivity index (χ0n) is 9.03. The molecule has 0 radical (unpaired) electrons. The molecule has 1 rings (SSSR count). The second-order valence-corrected chi connectivity index (χ2v) is 4.68. The Morgan fingerprint density at radius 1 is 1.38 bits per heavy atom. The minimum absolute atomic E-state index is 0.0795. The SMILES string of the molecule is COC(=O)c1c(C)oc(C)c1S(=O)(=O)NN. The number of ether oxygens (including phenoxy) is 1. The van der Waals surface area contributed by atoms with Crippen molar-refractivity contribution >= 4 is 16.0 Å². The van der Waals surface area contributed by atoms with Crippen molar-refractivity contribution < 1.29 is 22.4 Å². The Labute approximate surface area is 92.6 Å². The number of nitrogens with one attached hydrogen (secondary N) is 1. The van der Waals surface area contributed by atoms with Gasteiger partial charge in [0.1, 0.15) is 22.0 Å². The molecule has 0 spiro atoms. The summed E-state index contributed by atoms with van der Waals surface area (Å²) in [5.41, 5.74) is -0.141. The summed E-state index contributed by atoms with van der Waals surface area (Å²) in [7, 11) is -2.81. The van der Waals surface area contributed by atoms with E-state index in [1.165, 1.54) is 13.8 Å². The molecule has 0 atom stereocenters. The minimum Gasteiger partial charge on any atom is -0.465 e. The van der Waals surface area contributed by atoms with Crippen LogP contribution in [0.2, 0.25) is 0 Å². The molecule has 0 bridgehead atoms. The molecule has 0 fully saturated rings. The normalized spacial score (nSPS) is 11.5. The monoisotopic (exact) mass is 248 g/mol. The van der Waals surface area contributed by atoms with Gasteiger partial charge in [0.15, 0.2) is 0 Å². The van der Waals surface area contributed by atoms with Crippen LogP contribution in [0.4, 0.5) is 0 Å². The summed E-state index contributed by atoms with van der Waals surface area (Å²) in [5, 5.41) is 0. The fraction of sp³-hybridized carbons (Fsp3) is 0.375. The van der Waals surface area contributed by atoms with E-state index in [1.54, 1.807) is 4.83 Å². The van der Waals surface area contributed by atoms with Crippen LogP contribution in [0, 0.1) is 13.8 Å². The van der Waals surface area contributed by atoms with E-state index in [0.717, 1.165) is 7.11 Å². The van der Waals surface area contributed by atoms with Crippen LogP contribution in [-0.2, 0) is 14.8 Å². The van der Waals surface area contributed by atoms with Gasteiger partial charge in [0.25, 0.3) is 10.0 Å². The van der Waals surface area contributed by atoms with Crippen molar-refractivity contribution in [3.63, 3.8) is 0 Å². The number of nitrogens with two attached hydrogens (primary N) is 1. The van der Waals surface area contributed by atoms with Crippen molar-refractivity contribution in [2.45, 2.75) is 18.7 Å². The number of rotatable bonds is 3. The van der Waals surface area contributed by atoms with Crippen LogP contribution in [0.1, 0.15) is 21.9 Å². The molecule has 0 amide bonds. The predicted molar refractivity (Wildman–Crippen MR) is 54.0 cm³/mol. The van der Waals surface area contributed by atoms with Crippen LogP contribution in [0.25, 0.3) is 0 Å². The Bertz CT molecular complexity index is 517. The fourth-order valence-corrected chi connectivity index (χ4v) is 2.42. The molecule has 8 heteroatoms.